The molecule has 0 aromatic carbocycles. The normalized spacial score (nSPS) is 26.1. The van der Waals surface area contributed by atoms with Crippen molar-refractivity contribution >= 4 is 5.91 Å². The van der Waals surface area contributed by atoms with Crippen LogP contribution >= 0.6 is 0 Å². The molecule has 2 heteroatoms. The van der Waals surface area contributed by atoms with E-state index in [-0.39, 0.29) is 0 Å². The largest absolute Gasteiger partial charge is 0.340 e. The van der Waals surface area contributed by atoms with Crippen LogP contribution in [0.4, 0.5) is 0 Å². The molecule has 1 heterocycles. The first-order chi connectivity index (χ1) is 7.38. The first kappa shape index (κ1) is 11.0. The Hall–Kier alpha value is -0.530. The van der Waals surface area contributed by atoms with Crippen LogP contribution in [0.5, 0.6) is 0 Å². The molecule has 0 N–H and O–H groups in total. The Bertz CT molecular complexity index is 205. The topological polar surface area (TPSA) is 20.3 Å². The van der Waals surface area contributed by atoms with E-state index in [1.807, 2.05) is 0 Å². The van der Waals surface area contributed by atoms with Gasteiger partial charge in [-0.25, -0.2) is 0 Å². The summed E-state index contributed by atoms with van der Waals surface area (Å²) in [6, 6.07) is 0.582. The van der Waals surface area contributed by atoms with Gasteiger partial charge in [0.05, 0.1) is 0 Å². The molecule has 0 atom stereocenters. The van der Waals surface area contributed by atoms with Gasteiger partial charge in [-0.15, -0.1) is 0 Å². The second-order valence-corrected chi connectivity index (χ2v) is 5.04. The van der Waals surface area contributed by atoms with E-state index in [1.165, 1.54) is 51.4 Å². The molecule has 1 aliphatic heterocycles. The van der Waals surface area contributed by atoms with Gasteiger partial charge in [-0.1, -0.05) is 38.5 Å². The van der Waals surface area contributed by atoms with Gasteiger partial charge in [0, 0.05) is 19.0 Å². The fraction of sp³-hybridized carbons (Fsp3) is 0.923. The lowest BCUT2D eigenvalue weighted by molar-refractivity contribution is -0.129. The zero-order valence-electron chi connectivity index (χ0n) is 9.71. The maximum absolute atomic E-state index is 11.7. The fourth-order valence-electron chi connectivity index (χ4n) is 2.98. The van der Waals surface area contributed by atoms with Crippen molar-refractivity contribution in [1.29, 1.82) is 0 Å². The Morgan fingerprint density at radius 2 is 1.47 bits per heavy atom. The van der Waals surface area contributed by atoms with Crippen LogP contribution in [0.25, 0.3) is 0 Å². The third kappa shape index (κ3) is 2.96. The van der Waals surface area contributed by atoms with Crippen molar-refractivity contribution in [2.75, 3.05) is 6.54 Å². The van der Waals surface area contributed by atoms with Crippen LogP contribution in [-0.2, 0) is 4.79 Å². The van der Waals surface area contributed by atoms with Crippen molar-refractivity contribution in [3.8, 4) is 0 Å². The molecular formula is C13H23NO. The van der Waals surface area contributed by atoms with E-state index in [0.717, 1.165) is 19.4 Å². The average molecular weight is 209 g/mol. The summed E-state index contributed by atoms with van der Waals surface area (Å²) < 4.78 is 0. The molecule has 0 unspecified atom stereocenters. The maximum Gasteiger partial charge on any atom is 0.222 e. The Labute approximate surface area is 93.0 Å². The number of carbonyl (C=O) groups excluding carboxylic acids is 1. The van der Waals surface area contributed by atoms with Crippen LogP contribution in [0.3, 0.4) is 0 Å². The predicted octanol–water partition coefficient (Wildman–Crippen LogP) is 3.11. The maximum atomic E-state index is 11.7. The number of hydrogen-bond donors (Lipinski definition) is 0. The molecule has 0 aromatic heterocycles. The number of hydrogen-bond acceptors (Lipinski definition) is 1. The molecule has 2 nitrogen and oxygen atoms in total. The van der Waals surface area contributed by atoms with E-state index in [2.05, 4.69) is 4.90 Å². The summed E-state index contributed by atoms with van der Waals surface area (Å²) in [5.41, 5.74) is 0. The molecule has 0 radical (unpaired) electrons. The Balaban J connectivity index is 1.89. The van der Waals surface area contributed by atoms with Gasteiger partial charge in [-0.2, -0.15) is 0 Å². The van der Waals surface area contributed by atoms with E-state index in [1.54, 1.807) is 0 Å². The lowest BCUT2D eigenvalue weighted by atomic mass is 10.0. The Morgan fingerprint density at radius 1 is 0.867 bits per heavy atom. The molecule has 2 rings (SSSR count). The minimum atomic E-state index is 0.416. The zero-order valence-corrected chi connectivity index (χ0v) is 9.71. The van der Waals surface area contributed by atoms with Crippen molar-refractivity contribution in [3.05, 3.63) is 0 Å². The van der Waals surface area contributed by atoms with E-state index in [4.69, 9.17) is 0 Å². The van der Waals surface area contributed by atoms with Gasteiger partial charge >= 0.3 is 0 Å². The van der Waals surface area contributed by atoms with Gasteiger partial charge in [-0.05, 0) is 19.3 Å². The molecule has 2 fully saturated rings. The third-order valence-electron chi connectivity index (χ3n) is 3.88. The van der Waals surface area contributed by atoms with Gasteiger partial charge in [-0.3, -0.25) is 4.79 Å². The molecule has 1 saturated carbocycles. The summed E-state index contributed by atoms with van der Waals surface area (Å²) in [4.78, 5) is 13.9. The summed E-state index contributed by atoms with van der Waals surface area (Å²) in [5.74, 6) is 0.416. The average Bonchev–Trinajstić information content (AvgIpc) is 2.68. The highest BCUT2D eigenvalue weighted by molar-refractivity contribution is 5.78. The van der Waals surface area contributed by atoms with E-state index >= 15 is 0 Å². The Morgan fingerprint density at radius 3 is 2.00 bits per heavy atom. The molecule has 0 spiro atoms. The quantitative estimate of drug-likeness (QED) is 0.650. The lowest BCUT2D eigenvalue weighted by Gasteiger charge is -2.27. The highest BCUT2D eigenvalue weighted by Gasteiger charge is 2.27. The van der Waals surface area contributed by atoms with Gasteiger partial charge < -0.3 is 4.90 Å². The summed E-state index contributed by atoms with van der Waals surface area (Å²) in [6.07, 6.45) is 12.6. The first-order valence-corrected chi connectivity index (χ1v) is 6.67. The van der Waals surface area contributed by atoms with Crippen molar-refractivity contribution < 1.29 is 4.79 Å². The van der Waals surface area contributed by atoms with Gasteiger partial charge in [0.1, 0.15) is 0 Å². The highest BCUT2D eigenvalue weighted by Crippen LogP contribution is 2.24. The molecular weight excluding hydrogens is 186 g/mol. The molecule has 0 bridgehead atoms. The summed E-state index contributed by atoms with van der Waals surface area (Å²) in [7, 11) is 0. The number of rotatable bonds is 1. The molecule has 0 aromatic rings. The lowest BCUT2D eigenvalue weighted by Crippen LogP contribution is -2.36. The monoisotopic (exact) mass is 209 g/mol. The van der Waals surface area contributed by atoms with E-state index in [0.29, 0.717) is 11.9 Å². The number of nitrogens with zero attached hydrogens (tertiary/aromatic N) is 1. The summed E-state index contributed by atoms with van der Waals surface area (Å²) in [6.45, 7) is 1.03. The number of likely N-dealkylation sites (tertiary alicyclic amines) is 1. The van der Waals surface area contributed by atoms with E-state index < -0.39 is 0 Å². The van der Waals surface area contributed by atoms with Crippen LogP contribution in [-0.4, -0.2) is 23.4 Å². The van der Waals surface area contributed by atoms with Crippen LogP contribution in [0, 0.1) is 0 Å². The number of carbonyl (C=O) groups is 1. The first-order valence-electron chi connectivity index (χ1n) is 6.67. The van der Waals surface area contributed by atoms with Gasteiger partial charge in [0.2, 0.25) is 5.91 Å². The van der Waals surface area contributed by atoms with Crippen molar-refractivity contribution in [2.45, 2.75) is 70.3 Å². The summed E-state index contributed by atoms with van der Waals surface area (Å²) in [5, 5.41) is 0. The second-order valence-electron chi connectivity index (χ2n) is 5.04. The molecule has 2 aliphatic rings. The van der Waals surface area contributed by atoms with Crippen molar-refractivity contribution in [3.63, 3.8) is 0 Å². The molecule has 1 amide bonds. The van der Waals surface area contributed by atoms with Crippen LogP contribution in [0.2, 0.25) is 0 Å². The molecule has 1 saturated heterocycles. The SMILES string of the molecule is O=C1CCCN1C1CCCCCCCC1. The van der Waals surface area contributed by atoms with Crippen LogP contribution < -0.4 is 0 Å². The van der Waals surface area contributed by atoms with Gasteiger partial charge in [0.25, 0.3) is 0 Å². The molecule has 1 aliphatic carbocycles. The smallest absolute Gasteiger partial charge is 0.222 e. The standard InChI is InChI=1S/C13H23NO/c15-13-10-7-11-14(13)12-8-5-3-1-2-4-6-9-12/h12H,1-11H2. The zero-order chi connectivity index (χ0) is 10.5. The fourth-order valence-corrected chi connectivity index (χ4v) is 2.98. The van der Waals surface area contributed by atoms with E-state index in [9.17, 15) is 4.79 Å². The minimum absolute atomic E-state index is 0.416. The molecule has 15 heavy (non-hydrogen) atoms. The van der Waals surface area contributed by atoms with Crippen molar-refractivity contribution in [2.24, 2.45) is 0 Å². The summed E-state index contributed by atoms with van der Waals surface area (Å²) >= 11 is 0. The highest BCUT2D eigenvalue weighted by atomic mass is 16.2. The van der Waals surface area contributed by atoms with Crippen LogP contribution in [0.15, 0.2) is 0 Å². The van der Waals surface area contributed by atoms with Crippen molar-refractivity contribution in [1.82, 2.24) is 4.90 Å². The Kier molecular flexibility index (Phi) is 4.04. The second kappa shape index (κ2) is 5.53. The van der Waals surface area contributed by atoms with Gasteiger partial charge in [0.15, 0.2) is 0 Å². The number of amides is 1. The minimum Gasteiger partial charge on any atom is -0.340 e. The molecule has 86 valence electrons. The third-order valence-corrected chi connectivity index (χ3v) is 3.88. The predicted molar refractivity (Wildman–Crippen MR) is 61.7 cm³/mol. The van der Waals surface area contributed by atoms with Crippen LogP contribution in [0.1, 0.15) is 64.2 Å².